The van der Waals surface area contributed by atoms with E-state index < -0.39 is 0 Å². The van der Waals surface area contributed by atoms with Crippen molar-refractivity contribution in [3.05, 3.63) is 45.9 Å². The fourth-order valence-corrected chi connectivity index (χ4v) is 4.04. The molecule has 1 aliphatic heterocycles. The highest BCUT2D eigenvalue weighted by Crippen LogP contribution is 2.18. The minimum absolute atomic E-state index is 0.0504. The lowest BCUT2D eigenvalue weighted by Gasteiger charge is -2.22. The van der Waals surface area contributed by atoms with Crippen molar-refractivity contribution < 1.29 is 4.79 Å². The van der Waals surface area contributed by atoms with E-state index in [2.05, 4.69) is 27.2 Å². The number of likely N-dealkylation sites (N-methyl/N-ethyl adjacent to an activating group) is 1. The summed E-state index contributed by atoms with van der Waals surface area (Å²) in [5.41, 5.74) is 2.29. The number of hydrogen-bond donors (Lipinski definition) is 2. The van der Waals surface area contributed by atoms with Crippen LogP contribution < -0.4 is 10.9 Å². The fourth-order valence-electron chi connectivity index (χ4n) is 4.04. The Bertz CT molecular complexity index is 1050. The molecule has 3 heterocycles. The van der Waals surface area contributed by atoms with Gasteiger partial charge in [0.2, 0.25) is 5.91 Å². The molecule has 1 aliphatic rings. The molecule has 1 aromatic carbocycles. The zero-order chi connectivity index (χ0) is 19.0. The summed E-state index contributed by atoms with van der Waals surface area (Å²) in [6, 6.07) is 8.07. The number of rotatable bonds is 5. The Morgan fingerprint density at radius 2 is 2.19 bits per heavy atom. The molecule has 1 unspecified atom stereocenters. The SMILES string of the molecule is CCN1CCCC1CNC(=O)Cc1c(C)nc2c3ccccc3[nH]n2c1=O. The largest absolute Gasteiger partial charge is 0.354 e. The van der Waals surface area contributed by atoms with Crippen molar-refractivity contribution in [2.45, 2.75) is 39.2 Å². The third-order valence-electron chi connectivity index (χ3n) is 5.56. The molecule has 142 valence electrons. The van der Waals surface area contributed by atoms with Gasteiger partial charge in [0.05, 0.1) is 11.9 Å². The van der Waals surface area contributed by atoms with Crippen LogP contribution in [-0.4, -0.2) is 51.1 Å². The van der Waals surface area contributed by atoms with Gasteiger partial charge < -0.3 is 5.32 Å². The highest BCUT2D eigenvalue weighted by atomic mass is 16.2. The number of hydrogen-bond acceptors (Lipinski definition) is 4. The molecule has 0 saturated carbocycles. The van der Waals surface area contributed by atoms with Crippen LogP contribution in [0.15, 0.2) is 29.1 Å². The van der Waals surface area contributed by atoms with E-state index in [9.17, 15) is 9.59 Å². The van der Waals surface area contributed by atoms with Gasteiger partial charge in [0.15, 0.2) is 5.65 Å². The van der Waals surface area contributed by atoms with Crippen LogP contribution in [-0.2, 0) is 11.2 Å². The average molecular weight is 367 g/mol. The Morgan fingerprint density at radius 3 is 3.00 bits per heavy atom. The van der Waals surface area contributed by atoms with E-state index in [1.165, 1.54) is 10.9 Å². The normalized spacial score (nSPS) is 17.8. The maximum atomic E-state index is 12.9. The molecular weight excluding hydrogens is 342 g/mol. The molecular formula is C20H25N5O2. The Kier molecular flexibility index (Phi) is 4.70. The fraction of sp³-hybridized carbons (Fsp3) is 0.450. The van der Waals surface area contributed by atoms with E-state index in [-0.39, 0.29) is 17.9 Å². The summed E-state index contributed by atoms with van der Waals surface area (Å²) in [6.07, 6.45) is 2.34. The lowest BCUT2D eigenvalue weighted by Crippen LogP contribution is -2.41. The summed E-state index contributed by atoms with van der Waals surface area (Å²) < 4.78 is 1.44. The number of benzene rings is 1. The van der Waals surface area contributed by atoms with Crippen LogP contribution >= 0.6 is 0 Å². The predicted molar refractivity (Wildman–Crippen MR) is 105 cm³/mol. The third kappa shape index (κ3) is 3.23. The zero-order valence-corrected chi connectivity index (χ0v) is 15.8. The molecule has 3 aromatic rings. The Labute approximate surface area is 157 Å². The highest BCUT2D eigenvalue weighted by molar-refractivity contribution is 5.92. The van der Waals surface area contributed by atoms with Crippen LogP contribution in [0.1, 0.15) is 31.0 Å². The van der Waals surface area contributed by atoms with Crippen molar-refractivity contribution in [1.29, 1.82) is 0 Å². The van der Waals surface area contributed by atoms with Gasteiger partial charge in [-0.2, -0.15) is 0 Å². The van der Waals surface area contributed by atoms with E-state index in [1.807, 2.05) is 24.3 Å². The maximum Gasteiger partial charge on any atom is 0.276 e. The Morgan fingerprint density at radius 1 is 1.37 bits per heavy atom. The van der Waals surface area contributed by atoms with Gasteiger partial charge in [-0.1, -0.05) is 19.1 Å². The van der Waals surface area contributed by atoms with Gasteiger partial charge in [-0.3, -0.25) is 19.6 Å². The number of nitrogens with zero attached hydrogens (tertiary/aromatic N) is 3. The zero-order valence-electron chi connectivity index (χ0n) is 15.8. The van der Waals surface area contributed by atoms with Crippen molar-refractivity contribution in [1.82, 2.24) is 24.8 Å². The molecule has 0 radical (unpaired) electrons. The van der Waals surface area contributed by atoms with Gasteiger partial charge in [-0.15, -0.1) is 0 Å². The van der Waals surface area contributed by atoms with Crippen LogP contribution in [0.5, 0.6) is 0 Å². The Balaban J connectivity index is 1.55. The molecule has 4 rings (SSSR count). The van der Waals surface area contributed by atoms with E-state index in [0.29, 0.717) is 29.5 Å². The summed E-state index contributed by atoms with van der Waals surface area (Å²) in [6.45, 7) is 6.67. The number of aryl methyl sites for hydroxylation is 1. The van der Waals surface area contributed by atoms with Crippen LogP contribution in [0.4, 0.5) is 0 Å². The second-order valence-corrected chi connectivity index (χ2v) is 7.20. The predicted octanol–water partition coefficient (Wildman–Crippen LogP) is 1.63. The quantitative estimate of drug-likeness (QED) is 0.718. The van der Waals surface area contributed by atoms with E-state index in [0.717, 1.165) is 30.4 Å². The van der Waals surface area contributed by atoms with Crippen molar-refractivity contribution in [3.63, 3.8) is 0 Å². The van der Waals surface area contributed by atoms with Crippen molar-refractivity contribution in [3.8, 4) is 0 Å². The number of carbonyl (C=O) groups is 1. The number of fused-ring (bicyclic) bond motifs is 3. The van der Waals surface area contributed by atoms with Gasteiger partial charge in [0.25, 0.3) is 5.56 Å². The van der Waals surface area contributed by atoms with Gasteiger partial charge in [0.1, 0.15) is 0 Å². The molecule has 0 aliphatic carbocycles. The topological polar surface area (TPSA) is 82.5 Å². The summed E-state index contributed by atoms with van der Waals surface area (Å²) in [7, 11) is 0. The smallest absolute Gasteiger partial charge is 0.276 e. The van der Waals surface area contributed by atoms with Crippen molar-refractivity contribution in [2.75, 3.05) is 19.6 Å². The molecule has 0 bridgehead atoms. The first-order valence-electron chi connectivity index (χ1n) is 9.58. The monoisotopic (exact) mass is 367 g/mol. The average Bonchev–Trinajstić information content (AvgIpc) is 3.28. The number of likely N-dealkylation sites (tertiary alicyclic amines) is 1. The van der Waals surface area contributed by atoms with Gasteiger partial charge in [-0.25, -0.2) is 9.50 Å². The van der Waals surface area contributed by atoms with Crippen molar-refractivity contribution in [2.24, 2.45) is 0 Å². The highest BCUT2D eigenvalue weighted by Gasteiger charge is 2.23. The number of aromatic amines is 1. The van der Waals surface area contributed by atoms with E-state index in [4.69, 9.17) is 0 Å². The second kappa shape index (κ2) is 7.15. The maximum absolute atomic E-state index is 12.9. The summed E-state index contributed by atoms with van der Waals surface area (Å²) in [5, 5.41) is 6.98. The molecule has 1 saturated heterocycles. The lowest BCUT2D eigenvalue weighted by molar-refractivity contribution is -0.120. The first-order chi connectivity index (χ1) is 13.1. The second-order valence-electron chi connectivity index (χ2n) is 7.20. The third-order valence-corrected chi connectivity index (χ3v) is 5.56. The molecule has 1 fully saturated rings. The molecule has 1 amide bonds. The molecule has 7 heteroatoms. The number of amides is 1. The number of para-hydroxylation sites is 1. The van der Waals surface area contributed by atoms with Crippen LogP contribution in [0.25, 0.3) is 16.6 Å². The molecule has 0 spiro atoms. The van der Waals surface area contributed by atoms with Crippen LogP contribution in [0.2, 0.25) is 0 Å². The van der Waals surface area contributed by atoms with E-state index >= 15 is 0 Å². The number of H-pyrrole nitrogens is 1. The van der Waals surface area contributed by atoms with Gasteiger partial charge in [-0.05, 0) is 45.0 Å². The van der Waals surface area contributed by atoms with E-state index in [1.54, 1.807) is 6.92 Å². The lowest BCUT2D eigenvalue weighted by atomic mass is 10.1. The number of aromatic nitrogens is 3. The van der Waals surface area contributed by atoms with Gasteiger partial charge in [0, 0.05) is 29.2 Å². The summed E-state index contributed by atoms with van der Waals surface area (Å²) in [4.78, 5) is 32.3. The van der Waals surface area contributed by atoms with Crippen LogP contribution in [0, 0.1) is 6.92 Å². The Hall–Kier alpha value is -2.67. The van der Waals surface area contributed by atoms with Gasteiger partial charge >= 0.3 is 0 Å². The number of nitrogens with one attached hydrogen (secondary N) is 2. The molecule has 7 nitrogen and oxygen atoms in total. The molecule has 1 atom stereocenters. The molecule has 2 N–H and O–H groups in total. The first kappa shape index (κ1) is 17.7. The minimum Gasteiger partial charge on any atom is -0.354 e. The summed E-state index contributed by atoms with van der Waals surface area (Å²) >= 11 is 0. The first-order valence-corrected chi connectivity index (χ1v) is 9.58. The van der Waals surface area contributed by atoms with Crippen molar-refractivity contribution >= 4 is 22.5 Å². The molecule has 2 aromatic heterocycles. The standard InChI is InChI=1S/C20H25N5O2/c1-3-24-10-6-7-14(24)12-21-18(26)11-16-13(2)22-19-15-8-4-5-9-17(15)23-25(19)20(16)27/h4-5,8-9,14,23H,3,6-7,10-12H2,1-2H3,(H,21,26). The van der Waals surface area contributed by atoms with Crippen LogP contribution in [0.3, 0.4) is 0 Å². The minimum atomic E-state index is -0.208. The summed E-state index contributed by atoms with van der Waals surface area (Å²) in [5.74, 6) is -0.129. The number of carbonyl (C=O) groups excluding carboxylic acids is 1. The molecule has 27 heavy (non-hydrogen) atoms.